The molecule has 0 radical (unpaired) electrons. The number of carbonyl (C=O) groups is 2. The molecule has 0 aliphatic carbocycles. The van der Waals surface area contributed by atoms with Crippen LogP contribution < -0.4 is 5.32 Å². The van der Waals surface area contributed by atoms with Crippen LogP contribution in [0.4, 0.5) is 10.5 Å². The van der Waals surface area contributed by atoms with Gasteiger partial charge in [-0.25, -0.2) is 4.79 Å². The number of anilines is 1. The molecule has 0 unspecified atom stereocenters. The minimum Gasteiger partial charge on any atom is -0.480 e. The first kappa shape index (κ1) is 17.0. The smallest absolute Gasteiger partial charge is 0.323 e. The fraction of sp³-hybridized carbons (Fsp3) is 0.467. The van der Waals surface area contributed by atoms with Crippen LogP contribution in [0.25, 0.3) is 0 Å². The summed E-state index contributed by atoms with van der Waals surface area (Å²) in [7, 11) is 1.50. The molecule has 116 valence electrons. The molecule has 0 saturated carbocycles. The van der Waals surface area contributed by atoms with Gasteiger partial charge in [0.15, 0.2) is 0 Å². The molecule has 0 heterocycles. The highest BCUT2D eigenvalue weighted by atomic mass is 16.5. The van der Waals surface area contributed by atoms with Gasteiger partial charge in [-0.1, -0.05) is 26.0 Å². The average Bonchev–Trinajstić information content (AvgIpc) is 2.43. The highest BCUT2D eigenvalue weighted by Crippen LogP contribution is 2.18. The largest absolute Gasteiger partial charge is 0.480 e. The Morgan fingerprint density at radius 2 is 2.10 bits per heavy atom. The highest BCUT2D eigenvalue weighted by molar-refractivity contribution is 5.91. The van der Waals surface area contributed by atoms with Crippen LogP contribution in [0.2, 0.25) is 0 Å². The van der Waals surface area contributed by atoms with Crippen molar-refractivity contribution in [2.75, 3.05) is 32.1 Å². The van der Waals surface area contributed by atoms with Crippen LogP contribution in [-0.4, -0.2) is 48.8 Å². The van der Waals surface area contributed by atoms with E-state index in [-0.39, 0.29) is 19.7 Å². The highest BCUT2D eigenvalue weighted by Gasteiger charge is 2.16. The van der Waals surface area contributed by atoms with Gasteiger partial charge < -0.3 is 20.1 Å². The Bertz CT molecular complexity index is 488. The van der Waals surface area contributed by atoms with Crippen LogP contribution in [0.5, 0.6) is 0 Å². The van der Waals surface area contributed by atoms with Gasteiger partial charge in [0.2, 0.25) is 0 Å². The van der Waals surface area contributed by atoms with E-state index in [9.17, 15) is 9.59 Å². The predicted molar refractivity (Wildman–Crippen MR) is 80.6 cm³/mol. The van der Waals surface area contributed by atoms with E-state index >= 15 is 0 Å². The summed E-state index contributed by atoms with van der Waals surface area (Å²) in [5.74, 6) is -0.706. The first-order valence-corrected chi connectivity index (χ1v) is 6.80. The van der Waals surface area contributed by atoms with E-state index in [0.717, 1.165) is 5.56 Å². The molecule has 6 heteroatoms. The Morgan fingerprint density at radius 3 is 2.67 bits per heavy atom. The van der Waals surface area contributed by atoms with Crippen molar-refractivity contribution in [3.8, 4) is 0 Å². The number of rotatable bonds is 7. The molecule has 0 aliphatic heterocycles. The fourth-order valence-corrected chi connectivity index (χ4v) is 1.80. The summed E-state index contributed by atoms with van der Waals surface area (Å²) in [5, 5.41) is 11.6. The zero-order valence-electron chi connectivity index (χ0n) is 12.6. The van der Waals surface area contributed by atoms with Crippen molar-refractivity contribution in [1.29, 1.82) is 0 Å². The van der Waals surface area contributed by atoms with Gasteiger partial charge in [-0.2, -0.15) is 0 Å². The molecule has 0 bridgehead atoms. The molecule has 1 rings (SSSR count). The molecule has 0 spiro atoms. The molecule has 1 aromatic rings. The number of hydrogen-bond acceptors (Lipinski definition) is 3. The topological polar surface area (TPSA) is 78.9 Å². The van der Waals surface area contributed by atoms with Crippen molar-refractivity contribution in [2.24, 2.45) is 0 Å². The van der Waals surface area contributed by atoms with Gasteiger partial charge in [-0.3, -0.25) is 4.79 Å². The Labute approximate surface area is 124 Å². The lowest BCUT2D eigenvalue weighted by Gasteiger charge is -2.21. The van der Waals surface area contributed by atoms with Gasteiger partial charge in [0.05, 0.1) is 6.61 Å². The van der Waals surface area contributed by atoms with Gasteiger partial charge >= 0.3 is 12.0 Å². The molecule has 6 nitrogen and oxygen atoms in total. The van der Waals surface area contributed by atoms with Crippen LogP contribution >= 0.6 is 0 Å². The summed E-state index contributed by atoms with van der Waals surface area (Å²) < 4.78 is 4.89. The SMILES string of the molecule is COCCN(CC(=O)O)C(=O)Nc1cccc(C(C)C)c1. The lowest BCUT2D eigenvalue weighted by Crippen LogP contribution is -2.40. The third-order valence-corrected chi connectivity index (χ3v) is 2.98. The maximum Gasteiger partial charge on any atom is 0.323 e. The molecule has 0 aromatic heterocycles. The number of nitrogens with one attached hydrogen (secondary N) is 1. The van der Waals surface area contributed by atoms with Crippen molar-refractivity contribution < 1.29 is 19.4 Å². The van der Waals surface area contributed by atoms with Crippen molar-refractivity contribution in [3.05, 3.63) is 29.8 Å². The van der Waals surface area contributed by atoms with Crippen molar-refractivity contribution in [3.63, 3.8) is 0 Å². The molecule has 2 N–H and O–H groups in total. The second kappa shape index (κ2) is 8.26. The molecule has 0 aliphatic rings. The molecular weight excluding hydrogens is 272 g/mol. The van der Waals surface area contributed by atoms with Crippen LogP contribution in [0, 0.1) is 0 Å². The van der Waals surface area contributed by atoms with Gasteiger partial charge in [-0.15, -0.1) is 0 Å². The number of amides is 2. The zero-order chi connectivity index (χ0) is 15.8. The normalized spacial score (nSPS) is 10.5. The molecule has 0 saturated heterocycles. The van der Waals surface area contributed by atoms with Crippen LogP contribution in [0.1, 0.15) is 25.3 Å². The Hall–Kier alpha value is -2.08. The number of carboxylic acids is 1. The van der Waals surface area contributed by atoms with E-state index in [1.807, 2.05) is 18.2 Å². The number of aliphatic carboxylic acids is 1. The van der Waals surface area contributed by atoms with Crippen molar-refractivity contribution >= 4 is 17.7 Å². The van der Waals surface area contributed by atoms with E-state index in [4.69, 9.17) is 9.84 Å². The summed E-state index contributed by atoms with van der Waals surface area (Å²) >= 11 is 0. The molecule has 21 heavy (non-hydrogen) atoms. The third-order valence-electron chi connectivity index (χ3n) is 2.98. The summed E-state index contributed by atoms with van der Waals surface area (Å²) in [6.45, 7) is 4.27. The standard InChI is InChI=1S/C15H22N2O4/c1-11(2)12-5-4-6-13(9-12)16-15(20)17(7-8-21-3)10-14(18)19/h4-6,9,11H,7-8,10H2,1-3H3,(H,16,20)(H,18,19). The van der Waals surface area contributed by atoms with Crippen molar-refractivity contribution in [2.45, 2.75) is 19.8 Å². The van der Waals surface area contributed by atoms with Crippen molar-refractivity contribution in [1.82, 2.24) is 4.90 Å². The Balaban J connectivity index is 2.75. The van der Waals surface area contributed by atoms with E-state index < -0.39 is 12.0 Å². The van der Waals surface area contributed by atoms with Crippen LogP contribution in [0.3, 0.4) is 0 Å². The molecular formula is C15H22N2O4. The average molecular weight is 294 g/mol. The number of hydrogen-bond donors (Lipinski definition) is 2. The van der Waals surface area contributed by atoms with E-state index in [0.29, 0.717) is 11.6 Å². The van der Waals surface area contributed by atoms with Gasteiger partial charge in [-0.05, 0) is 23.6 Å². The minimum absolute atomic E-state index is 0.221. The lowest BCUT2D eigenvalue weighted by atomic mass is 10.0. The van der Waals surface area contributed by atoms with Gasteiger partial charge in [0.25, 0.3) is 0 Å². The third kappa shape index (κ3) is 5.83. The van der Waals surface area contributed by atoms with Gasteiger partial charge in [0.1, 0.15) is 6.54 Å². The van der Waals surface area contributed by atoms with E-state index in [1.54, 1.807) is 6.07 Å². The number of carboxylic acid groups (broad SMARTS) is 1. The maximum absolute atomic E-state index is 12.1. The van der Waals surface area contributed by atoms with Crippen LogP contribution in [-0.2, 0) is 9.53 Å². The van der Waals surface area contributed by atoms with Crippen LogP contribution in [0.15, 0.2) is 24.3 Å². The molecule has 2 amide bonds. The van der Waals surface area contributed by atoms with E-state index in [1.165, 1.54) is 12.0 Å². The lowest BCUT2D eigenvalue weighted by molar-refractivity contribution is -0.137. The van der Waals surface area contributed by atoms with E-state index in [2.05, 4.69) is 19.2 Å². The maximum atomic E-state index is 12.1. The number of methoxy groups -OCH3 is 1. The van der Waals surface area contributed by atoms with Gasteiger partial charge in [0, 0.05) is 19.3 Å². The molecule has 1 aromatic carbocycles. The summed E-state index contributed by atoms with van der Waals surface area (Å²) in [6.07, 6.45) is 0. The summed E-state index contributed by atoms with van der Waals surface area (Å²) in [4.78, 5) is 24.1. The quantitative estimate of drug-likeness (QED) is 0.809. The molecule has 0 atom stereocenters. The number of benzene rings is 1. The second-order valence-electron chi connectivity index (χ2n) is 5.02. The predicted octanol–water partition coefficient (Wildman–Crippen LogP) is 2.37. The fourth-order valence-electron chi connectivity index (χ4n) is 1.80. The first-order chi connectivity index (χ1) is 9.93. The number of urea groups is 1. The molecule has 0 fully saturated rings. The number of nitrogens with zero attached hydrogens (tertiary/aromatic N) is 1. The number of ether oxygens (including phenoxy) is 1. The first-order valence-electron chi connectivity index (χ1n) is 6.80. The monoisotopic (exact) mass is 294 g/mol. The summed E-state index contributed by atoms with van der Waals surface area (Å²) in [6, 6.07) is 7.06. The number of carbonyl (C=O) groups excluding carboxylic acids is 1. The Kier molecular flexibility index (Phi) is 6.68. The second-order valence-corrected chi connectivity index (χ2v) is 5.02. The Morgan fingerprint density at radius 1 is 1.38 bits per heavy atom. The zero-order valence-corrected chi connectivity index (χ0v) is 12.6. The summed E-state index contributed by atoms with van der Waals surface area (Å²) in [5.41, 5.74) is 1.76. The minimum atomic E-state index is -1.06.